The molecule has 0 N–H and O–H groups in total. The van der Waals surface area contributed by atoms with Crippen LogP contribution < -0.4 is 4.74 Å². The van der Waals surface area contributed by atoms with Gasteiger partial charge in [0.1, 0.15) is 6.29 Å². The van der Waals surface area contributed by atoms with Gasteiger partial charge in [0, 0.05) is 17.2 Å². The van der Waals surface area contributed by atoms with E-state index in [9.17, 15) is 14.9 Å². The van der Waals surface area contributed by atoms with Crippen LogP contribution in [0.2, 0.25) is 0 Å². The number of nitro benzene ring substituents is 1. The summed E-state index contributed by atoms with van der Waals surface area (Å²) in [7, 11) is 1.39. The van der Waals surface area contributed by atoms with E-state index in [0.29, 0.717) is 11.8 Å². The third kappa shape index (κ3) is 2.61. The van der Waals surface area contributed by atoms with Crippen LogP contribution in [0.15, 0.2) is 12.1 Å². The van der Waals surface area contributed by atoms with Crippen LogP contribution in [-0.4, -0.2) is 18.3 Å². The maximum absolute atomic E-state index is 10.9. The number of aldehydes is 1. The molecule has 0 fully saturated rings. The van der Waals surface area contributed by atoms with Gasteiger partial charge >= 0.3 is 5.69 Å². The zero-order valence-corrected chi connectivity index (χ0v) is 10.3. The average Bonchev–Trinajstić information content (AvgIpc) is 2.25. The number of carbonyl (C=O) groups excluding carboxylic acids is 1. The van der Waals surface area contributed by atoms with E-state index in [1.807, 2.05) is 20.8 Å². The van der Waals surface area contributed by atoms with Gasteiger partial charge in [0.25, 0.3) is 0 Å². The van der Waals surface area contributed by atoms with Crippen LogP contribution in [0.25, 0.3) is 0 Å². The van der Waals surface area contributed by atoms with Gasteiger partial charge in [0.05, 0.1) is 12.0 Å². The van der Waals surface area contributed by atoms with E-state index in [-0.39, 0.29) is 22.4 Å². The van der Waals surface area contributed by atoms with E-state index in [1.165, 1.54) is 13.2 Å². The second-order valence-corrected chi connectivity index (χ2v) is 4.75. The lowest BCUT2D eigenvalue weighted by Crippen LogP contribution is -2.14. The molecule has 1 aromatic carbocycles. The minimum absolute atomic E-state index is 0.179. The fourth-order valence-electron chi connectivity index (χ4n) is 1.61. The Morgan fingerprint density at radius 2 is 1.94 bits per heavy atom. The third-order valence-electron chi connectivity index (χ3n) is 2.44. The molecule has 0 amide bonds. The molecule has 0 aliphatic carbocycles. The summed E-state index contributed by atoms with van der Waals surface area (Å²) >= 11 is 0. The summed E-state index contributed by atoms with van der Waals surface area (Å²) in [5.41, 5.74) is 0.413. The lowest BCUT2D eigenvalue weighted by Gasteiger charge is -2.22. The SMILES string of the molecule is COc1c([N+](=O)[O-])cc(C=O)cc1C(C)(C)C. The first-order valence-electron chi connectivity index (χ1n) is 5.13. The summed E-state index contributed by atoms with van der Waals surface area (Å²) in [6, 6.07) is 2.85. The smallest absolute Gasteiger partial charge is 0.311 e. The van der Waals surface area contributed by atoms with E-state index >= 15 is 0 Å². The quantitative estimate of drug-likeness (QED) is 0.460. The topological polar surface area (TPSA) is 69.4 Å². The molecule has 1 rings (SSSR count). The summed E-state index contributed by atoms with van der Waals surface area (Å²) in [5, 5.41) is 10.9. The highest BCUT2D eigenvalue weighted by molar-refractivity contribution is 5.78. The number of rotatable bonds is 3. The van der Waals surface area contributed by atoms with Crippen LogP contribution in [0.5, 0.6) is 5.75 Å². The largest absolute Gasteiger partial charge is 0.490 e. The summed E-state index contributed by atoms with van der Waals surface area (Å²) in [6.45, 7) is 5.72. The first-order chi connectivity index (χ1) is 7.81. The van der Waals surface area contributed by atoms with Gasteiger partial charge in [-0.05, 0) is 11.5 Å². The fraction of sp³-hybridized carbons (Fsp3) is 0.417. The molecule has 0 aliphatic heterocycles. The van der Waals surface area contributed by atoms with E-state index in [1.54, 1.807) is 6.07 Å². The van der Waals surface area contributed by atoms with Crippen molar-refractivity contribution in [3.63, 3.8) is 0 Å². The number of ether oxygens (including phenoxy) is 1. The summed E-state index contributed by atoms with van der Waals surface area (Å²) in [5.74, 6) is 0.216. The van der Waals surface area contributed by atoms with Gasteiger partial charge in [-0.1, -0.05) is 20.8 Å². The molecule has 0 aliphatic rings. The average molecular weight is 237 g/mol. The van der Waals surface area contributed by atoms with Crippen LogP contribution in [0.4, 0.5) is 5.69 Å². The maximum atomic E-state index is 10.9. The summed E-state index contributed by atoms with van der Waals surface area (Å²) in [6.07, 6.45) is 0.599. The predicted molar refractivity (Wildman–Crippen MR) is 63.7 cm³/mol. The second kappa shape index (κ2) is 4.53. The number of benzene rings is 1. The van der Waals surface area contributed by atoms with Crippen LogP contribution in [0, 0.1) is 10.1 Å². The third-order valence-corrected chi connectivity index (χ3v) is 2.44. The second-order valence-electron chi connectivity index (χ2n) is 4.75. The molecule has 0 radical (unpaired) electrons. The van der Waals surface area contributed by atoms with Crippen molar-refractivity contribution >= 4 is 12.0 Å². The van der Waals surface area contributed by atoms with Crippen molar-refractivity contribution in [2.75, 3.05) is 7.11 Å². The normalized spacial score (nSPS) is 11.1. The van der Waals surface area contributed by atoms with Crippen molar-refractivity contribution in [3.8, 4) is 5.75 Å². The lowest BCUT2D eigenvalue weighted by molar-refractivity contribution is -0.385. The standard InChI is InChI=1S/C12H15NO4/c1-12(2,3)9-5-8(7-14)6-10(13(15)16)11(9)17-4/h5-7H,1-4H3. The monoisotopic (exact) mass is 237 g/mol. The van der Waals surface area contributed by atoms with Crippen molar-refractivity contribution in [3.05, 3.63) is 33.4 Å². The van der Waals surface area contributed by atoms with Crippen molar-refractivity contribution in [2.24, 2.45) is 0 Å². The van der Waals surface area contributed by atoms with Gasteiger partial charge in [0.15, 0.2) is 0 Å². The number of hydrogen-bond donors (Lipinski definition) is 0. The van der Waals surface area contributed by atoms with Gasteiger partial charge in [0.2, 0.25) is 5.75 Å². The highest BCUT2D eigenvalue weighted by atomic mass is 16.6. The van der Waals surface area contributed by atoms with Crippen molar-refractivity contribution in [1.82, 2.24) is 0 Å². The Kier molecular flexibility index (Phi) is 3.50. The van der Waals surface area contributed by atoms with Crippen LogP contribution >= 0.6 is 0 Å². The Morgan fingerprint density at radius 1 is 1.35 bits per heavy atom. The zero-order valence-electron chi connectivity index (χ0n) is 10.3. The first-order valence-corrected chi connectivity index (χ1v) is 5.13. The molecule has 1 aromatic rings. The highest BCUT2D eigenvalue weighted by Gasteiger charge is 2.27. The van der Waals surface area contributed by atoms with Crippen molar-refractivity contribution < 1.29 is 14.5 Å². The Bertz CT molecular complexity index is 460. The summed E-state index contributed by atoms with van der Waals surface area (Å²) in [4.78, 5) is 21.2. The van der Waals surface area contributed by atoms with Crippen LogP contribution in [0.1, 0.15) is 36.7 Å². The van der Waals surface area contributed by atoms with Gasteiger partial charge < -0.3 is 4.74 Å². The van der Waals surface area contributed by atoms with E-state index in [0.717, 1.165) is 0 Å². The Balaban J connectivity index is 3.62. The maximum Gasteiger partial charge on any atom is 0.311 e. The number of nitrogens with zero attached hydrogens (tertiary/aromatic N) is 1. The number of hydrogen-bond acceptors (Lipinski definition) is 4. The lowest BCUT2D eigenvalue weighted by atomic mass is 9.85. The van der Waals surface area contributed by atoms with Gasteiger partial charge in [-0.25, -0.2) is 0 Å². The minimum Gasteiger partial charge on any atom is -0.490 e. The molecule has 0 aromatic heterocycles. The summed E-state index contributed by atoms with van der Waals surface area (Å²) < 4.78 is 5.11. The molecule has 0 saturated carbocycles. The van der Waals surface area contributed by atoms with E-state index in [2.05, 4.69) is 0 Å². The molecule has 0 heterocycles. The molecular weight excluding hydrogens is 222 g/mol. The van der Waals surface area contributed by atoms with E-state index < -0.39 is 4.92 Å². The molecule has 92 valence electrons. The molecule has 0 unspecified atom stereocenters. The Labute approximate surface area is 99.5 Å². The fourth-order valence-corrected chi connectivity index (χ4v) is 1.61. The molecule has 0 saturated heterocycles. The number of methoxy groups -OCH3 is 1. The van der Waals surface area contributed by atoms with Crippen LogP contribution in [-0.2, 0) is 5.41 Å². The molecule has 0 spiro atoms. The Hall–Kier alpha value is -1.91. The first kappa shape index (κ1) is 13.2. The predicted octanol–water partition coefficient (Wildman–Crippen LogP) is 2.71. The van der Waals surface area contributed by atoms with Crippen molar-refractivity contribution in [1.29, 1.82) is 0 Å². The molecule has 0 atom stereocenters. The van der Waals surface area contributed by atoms with E-state index in [4.69, 9.17) is 4.74 Å². The molecule has 5 heteroatoms. The molecule has 17 heavy (non-hydrogen) atoms. The minimum atomic E-state index is -0.541. The number of carbonyl (C=O) groups is 1. The van der Waals surface area contributed by atoms with Crippen LogP contribution in [0.3, 0.4) is 0 Å². The van der Waals surface area contributed by atoms with Gasteiger partial charge in [-0.15, -0.1) is 0 Å². The molecular formula is C12H15NO4. The molecule has 0 bridgehead atoms. The highest BCUT2D eigenvalue weighted by Crippen LogP contribution is 2.38. The number of nitro groups is 1. The van der Waals surface area contributed by atoms with Gasteiger partial charge in [-0.3, -0.25) is 14.9 Å². The van der Waals surface area contributed by atoms with Crippen molar-refractivity contribution in [2.45, 2.75) is 26.2 Å². The van der Waals surface area contributed by atoms with Gasteiger partial charge in [-0.2, -0.15) is 0 Å². The molecule has 5 nitrogen and oxygen atoms in total. The zero-order chi connectivity index (χ0) is 13.2. The Morgan fingerprint density at radius 3 is 2.29 bits per heavy atom.